The third-order valence-corrected chi connectivity index (χ3v) is 7.22. The lowest BCUT2D eigenvalue weighted by molar-refractivity contribution is -0.114. The van der Waals surface area contributed by atoms with Crippen LogP contribution in [0.15, 0.2) is 34.9 Å². The summed E-state index contributed by atoms with van der Waals surface area (Å²) in [5.74, 6) is 1.44. The molecule has 4 aliphatic carbocycles. The highest BCUT2D eigenvalue weighted by Gasteiger charge is 2.58. The van der Waals surface area contributed by atoms with Gasteiger partial charge in [-0.1, -0.05) is 32.4 Å². The molecule has 0 aliphatic heterocycles. The molecular weight excluding hydrogens is 284 g/mol. The van der Waals surface area contributed by atoms with Crippen molar-refractivity contribution in [3.05, 3.63) is 34.9 Å². The number of allylic oxidation sites excluding steroid dienone is 5. The van der Waals surface area contributed by atoms with Gasteiger partial charge in [-0.2, -0.15) is 0 Å². The minimum absolute atomic E-state index is 0.0799. The fourth-order valence-corrected chi connectivity index (χ4v) is 5.92. The van der Waals surface area contributed by atoms with Crippen LogP contribution in [0.4, 0.5) is 0 Å². The molecule has 0 heterocycles. The molecule has 0 aromatic heterocycles. The zero-order valence-corrected chi connectivity index (χ0v) is 14.4. The number of rotatable bonds is 2. The van der Waals surface area contributed by atoms with E-state index >= 15 is 0 Å². The smallest absolute Gasteiger partial charge is 0.156 e. The van der Waals surface area contributed by atoms with Crippen molar-refractivity contribution >= 4 is 5.78 Å². The molecule has 0 bridgehead atoms. The van der Waals surface area contributed by atoms with Gasteiger partial charge in [0.1, 0.15) is 0 Å². The summed E-state index contributed by atoms with van der Waals surface area (Å²) < 4.78 is 0. The van der Waals surface area contributed by atoms with Gasteiger partial charge in [0.05, 0.1) is 5.60 Å². The zero-order valence-electron chi connectivity index (χ0n) is 14.4. The average Bonchev–Trinajstić information content (AvgIpc) is 2.79. The summed E-state index contributed by atoms with van der Waals surface area (Å²) in [5, 5.41) is 11.3. The van der Waals surface area contributed by atoms with Crippen molar-refractivity contribution in [1.29, 1.82) is 0 Å². The van der Waals surface area contributed by atoms with E-state index in [1.165, 1.54) is 16.7 Å². The highest BCUT2D eigenvalue weighted by atomic mass is 16.3. The Balaban J connectivity index is 1.78. The number of fused-ring (bicyclic) bond motifs is 4. The fourth-order valence-electron chi connectivity index (χ4n) is 5.92. The Bertz CT molecular complexity index is 638. The minimum Gasteiger partial charge on any atom is -0.389 e. The van der Waals surface area contributed by atoms with Gasteiger partial charge in [0.25, 0.3) is 0 Å². The molecule has 4 aliphatic rings. The maximum atomic E-state index is 11.7. The third kappa shape index (κ3) is 2.07. The van der Waals surface area contributed by atoms with Gasteiger partial charge in [-0.3, -0.25) is 4.79 Å². The first-order chi connectivity index (χ1) is 11.0. The molecule has 0 saturated heterocycles. The van der Waals surface area contributed by atoms with E-state index in [1.54, 1.807) is 0 Å². The molecule has 4 rings (SSSR count). The van der Waals surface area contributed by atoms with Crippen molar-refractivity contribution in [2.75, 3.05) is 0 Å². The van der Waals surface area contributed by atoms with Gasteiger partial charge in [-0.05, 0) is 73.2 Å². The number of hydrogen-bond donors (Lipinski definition) is 1. The van der Waals surface area contributed by atoms with Crippen molar-refractivity contribution in [2.24, 2.45) is 17.3 Å². The highest BCUT2D eigenvalue weighted by Crippen LogP contribution is 2.61. The van der Waals surface area contributed by atoms with Crippen molar-refractivity contribution in [1.82, 2.24) is 0 Å². The van der Waals surface area contributed by atoms with Gasteiger partial charge < -0.3 is 5.11 Å². The molecule has 2 heteroatoms. The fraction of sp³-hybridized carbons (Fsp3) is 0.667. The van der Waals surface area contributed by atoms with E-state index in [0.717, 1.165) is 44.9 Å². The number of ketones is 1. The molecule has 0 aromatic carbocycles. The largest absolute Gasteiger partial charge is 0.389 e. The first-order valence-corrected chi connectivity index (χ1v) is 9.37. The summed E-state index contributed by atoms with van der Waals surface area (Å²) in [6, 6.07) is 0. The van der Waals surface area contributed by atoms with Crippen LogP contribution in [-0.2, 0) is 4.79 Å². The van der Waals surface area contributed by atoms with Gasteiger partial charge in [-0.25, -0.2) is 0 Å². The van der Waals surface area contributed by atoms with E-state index in [4.69, 9.17) is 0 Å². The number of carbonyl (C=O) groups is 1. The van der Waals surface area contributed by atoms with Crippen LogP contribution in [0.1, 0.15) is 65.2 Å². The Morgan fingerprint density at radius 3 is 2.87 bits per heavy atom. The van der Waals surface area contributed by atoms with Crippen LogP contribution in [0.25, 0.3) is 0 Å². The molecule has 1 fully saturated rings. The van der Waals surface area contributed by atoms with E-state index in [-0.39, 0.29) is 5.41 Å². The van der Waals surface area contributed by atoms with E-state index in [9.17, 15) is 9.90 Å². The lowest BCUT2D eigenvalue weighted by atomic mass is 9.57. The van der Waals surface area contributed by atoms with Gasteiger partial charge >= 0.3 is 0 Å². The topological polar surface area (TPSA) is 37.3 Å². The maximum absolute atomic E-state index is 11.7. The summed E-state index contributed by atoms with van der Waals surface area (Å²) in [5.41, 5.74) is 3.62. The Morgan fingerprint density at radius 2 is 2.09 bits per heavy atom. The summed E-state index contributed by atoms with van der Waals surface area (Å²) in [7, 11) is 0. The molecule has 2 nitrogen and oxygen atoms in total. The number of aliphatic hydroxyl groups is 1. The predicted octanol–water partition coefficient (Wildman–Crippen LogP) is 4.50. The van der Waals surface area contributed by atoms with Gasteiger partial charge in [0.15, 0.2) is 5.78 Å². The molecule has 0 unspecified atom stereocenters. The van der Waals surface area contributed by atoms with Crippen LogP contribution in [-0.4, -0.2) is 16.5 Å². The Morgan fingerprint density at radius 1 is 1.26 bits per heavy atom. The maximum Gasteiger partial charge on any atom is 0.156 e. The molecule has 0 spiro atoms. The highest BCUT2D eigenvalue weighted by molar-refractivity contribution is 5.93. The third-order valence-electron chi connectivity index (χ3n) is 7.22. The van der Waals surface area contributed by atoms with Crippen LogP contribution in [0.5, 0.6) is 0 Å². The molecule has 1 saturated carbocycles. The quantitative estimate of drug-likeness (QED) is 0.815. The van der Waals surface area contributed by atoms with Gasteiger partial charge in [0.2, 0.25) is 0 Å². The van der Waals surface area contributed by atoms with Crippen molar-refractivity contribution < 1.29 is 9.90 Å². The van der Waals surface area contributed by atoms with Crippen LogP contribution in [0.3, 0.4) is 0 Å². The molecule has 0 amide bonds. The molecule has 0 aromatic rings. The van der Waals surface area contributed by atoms with Gasteiger partial charge in [-0.15, -0.1) is 0 Å². The summed E-state index contributed by atoms with van der Waals surface area (Å²) in [4.78, 5) is 11.7. The minimum atomic E-state index is -0.530. The SMILES string of the molecule is CCC[C@]1(O)CC[C@H]2[C@@H]3CCC4=CC(=O)CCC4=C3C=C[C@@]21C. The lowest BCUT2D eigenvalue weighted by Gasteiger charge is -2.48. The number of carbonyl (C=O) groups excluding carboxylic acids is 1. The summed E-state index contributed by atoms with van der Waals surface area (Å²) >= 11 is 0. The van der Waals surface area contributed by atoms with Crippen molar-refractivity contribution in [2.45, 2.75) is 70.8 Å². The summed E-state index contributed by atoms with van der Waals surface area (Å²) in [6.07, 6.45) is 14.3. The second-order valence-electron chi connectivity index (χ2n) is 8.26. The first-order valence-electron chi connectivity index (χ1n) is 9.37. The van der Waals surface area contributed by atoms with Gasteiger partial charge in [0, 0.05) is 11.8 Å². The molecular formula is C21H28O2. The van der Waals surface area contributed by atoms with E-state index in [2.05, 4.69) is 26.0 Å². The predicted molar refractivity (Wildman–Crippen MR) is 91.9 cm³/mol. The number of hydrogen-bond acceptors (Lipinski definition) is 2. The average molecular weight is 312 g/mol. The second-order valence-corrected chi connectivity index (χ2v) is 8.26. The van der Waals surface area contributed by atoms with Crippen molar-refractivity contribution in [3.63, 3.8) is 0 Å². The van der Waals surface area contributed by atoms with Crippen LogP contribution < -0.4 is 0 Å². The first kappa shape index (κ1) is 15.4. The van der Waals surface area contributed by atoms with E-state index < -0.39 is 5.60 Å². The van der Waals surface area contributed by atoms with Crippen LogP contribution >= 0.6 is 0 Å². The monoisotopic (exact) mass is 312 g/mol. The van der Waals surface area contributed by atoms with E-state index in [0.29, 0.717) is 24.0 Å². The molecule has 23 heavy (non-hydrogen) atoms. The Hall–Kier alpha value is -1.15. The zero-order chi connectivity index (χ0) is 16.2. The second kappa shape index (κ2) is 5.17. The standard InChI is InChI=1S/C21H28O2/c1-3-10-21(23)12-9-19-18-6-4-14-13-15(22)5-7-16(14)17(18)8-11-20(19,21)2/h8,11,13,18-19,23H,3-7,9-10,12H2,1-2H3/t18-,19+,20+,21+/m1/s1. The molecule has 1 N–H and O–H groups in total. The van der Waals surface area contributed by atoms with Crippen LogP contribution in [0.2, 0.25) is 0 Å². The molecule has 0 radical (unpaired) electrons. The molecule has 124 valence electrons. The summed E-state index contributed by atoms with van der Waals surface area (Å²) in [6.45, 7) is 4.46. The normalized spacial score (nSPS) is 42.2. The van der Waals surface area contributed by atoms with Crippen molar-refractivity contribution in [3.8, 4) is 0 Å². The Kier molecular flexibility index (Phi) is 3.46. The Labute approximate surface area is 139 Å². The van der Waals surface area contributed by atoms with Crippen LogP contribution in [0, 0.1) is 17.3 Å². The molecule has 4 atom stereocenters. The van der Waals surface area contributed by atoms with E-state index in [1.807, 2.05) is 6.08 Å². The lowest BCUT2D eigenvalue weighted by Crippen LogP contribution is -2.47.